The first-order valence-electron chi connectivity index (χ1n) is 8.27. The molecule has 4 saturated carbocycles. The van der Waals surface area contributed by atoms with E-state index in [-0.39, 0.29) is 11.8 Å². The first-order valence-corrected chi connectivity index (χ1v) is 8.81. The molecule has 112 valence electrons. The molecule has 0 spiro atoms. The van der Waals surface area contributed by atoms with Crippen molar-refractivity contribution in [2.24, 2.45) is 17.8 Å². The van der Waals surface area contributed by atoms with Crippen molar-refractivity contribution in [1.82, 2.24) is 9.80 Å². The summed E-state index contributed by atoms with van der Waals surface area (Å²) < 4.78 is 0. The molecule has 5 aliphatic rings. The zero-order chi connectivity index (χ0) is 13.7. The maximum absolute atomic E-state index is 11.7. The maximum atomic E-state index is 11.7. The summed E-state index contributed by atoms with van der Waals surface area (Å²) in [7, 11) is 0. The Bertz CT molecular complexity index is 368. The third-order valence-corrected chi connectivity index (χ3v) is 6.65. The van der Waals surface area contributed by atoms with Crippen molar-refractivity contribution in [1.29, 1.82) is 0 Å². The fraction of sp³-hybridized carbons (Fsp3) is 0.938. The van der Waals surface area contributed by atoms with E-state index >= 15 is 0 Å². The Morgan fingerprint density at radius 3 is 1.90 bits per heavy atom. The predicted molar refractivity (Wildman–Crippen MR) is 79.8 cm³/mol. The fourth-order valence-corrected chi connectivity index (χ4v) is 6.14. The van der Waals surface area contributed by atoms with E-state index in [0.29, 0.717) is 5.54 Å². The van der Waals surface area contributed by atoms with Crippen LogP contribution in [0.25, 0.3) is 0 Å². The highest BCUT2D eigenvalue weighted by Gasteiger charge is 2.53. The SMILES string of the molecule is O=C(CCl)N1CCN(C23CC4CC(CC(C4)C2)C3)CC1. The lowest BCUT2D eigenvalue weighted by atomic mass is 9.52. The van der Waals surface area contributed by atoms with Gasteiger partial charge in [-0.3, -0.25) is 9.69 Å². The molecule has 0 unspecified atom stereocenters. The molecule has 3 nitrogen and oxygen atoms in total. The van der Waals surface area contributed by atoms with E-state index in [1.165, 1.54) is 38.5 Å². The largest absolute Gasteiger partial charge is 0.339 e. The smallest absolute Gasteiger partial charge is 0.237 e. The van der Waals surface area contributed by atoms with Crippen LogP contribution in [0, 0.1) is 17.8 Å². The van der Waals surface area contributed by atoms with E-state index in [4.69, 9.17) is 11.6 Å². The lowest BCUT2D eigenvalue weighted by Gasteiger charge is -2.61. The van der Waals surface area contributed by atoms with E-state index in [0.717, 1.165) is 43.9 Å². The predicted octanol–water partition coefficient (Wildman–Crippen LogP) is 2.34. The highest BCUT2D eigenvalue weighted by atomic mass is 35.5. The van der Waals surface area contributed by atoms with Gasteiger partial charge in [0.15, 0.2) is 0 Å². The molecule has 4 bridgehead atoms. The van der Waals surface area contributed by atoms with E-state index in [1.807, 2.05) is 4.90 Å². The van der Waals surface area contributed by atoms with Crippen LogP contribution in [-0.2, 0) is 4.79 Å². The van der Waals surface area contributed by atoms with Crippen LogP contribution in [0.1, 0.15) is 38.5 Å². The summed E-state index contributed by atoms with van der Waals surface area (Å²) in [5.74, 6) is 3.25. The Hall–Kier alpha value is -0.280. The molecular formula is C16H25ClN2O. The molecule has 1 aliphatic heterocycles. The number of nitrogens with zero attached hydrogens (tertiary/aromatic N) is 2. The standard InChI is InChI=1S/C16H25ClN2O/c17-11-15(20)18-1-3-19(4-2-18)16-8-12-5-13(9-16)7-14(6-12)10-16/h12-14H,1-11H2. The van der Waals surface area contributed by atoms with Gasteiger partial charge < -0.3 is 4.90 Å². The van der Waals surface area contributed by atoms with Gasteiger partial charge in [-0.15, -0.1) is 11.6 Å². The molecular weight excluding hydrogens is 272 g/mol. The first kappa shape index (κ1) is 13.4. The number of carbonyl (C=O) groups excluding carboxylic acids is 1. The second-order valence-electron chi connectivity index (χ2n) is 7.64. The third-order valence-electron chi connectivity index (χ3n) is 6.42. The lowest BCUT2D eigenvalue weighted by Crippen LogP contribution is -2.64. The molecule has 1 saturated heterocycles. The Morgan fingerprint density at radius 2 is 1.45 bits per heavy atom. The van der Waals surface area contributed by atoms with Crippen molar-refractivity contribution in [3.8, 4) is 0 Å². The molecule has 0 aromatic carbocycles. The number of halogens is 1. The van der Waals surface area contributed by atoms with Crippen LogP contribution in [0.3, 0.4) is 0 Å². The molecule has 4 heteroatoms. The fourth-order valence-electron chi connectivity index (χ4n) is 5.97. The van der Waals surface area contributed by atoms with E-state index < -0.39 is 0 Å². The van der Waals surface area contributed by atoms with Crippen LogP contribution in [0.4, 0.5) is 0 Å². The van der Waals surface area contributed by atoms with Crippen molar-refractivity contribution in [3.63, 3.8) is 0 Å². The average molecular weight is 297 g/mol. The summed E-state index contributed by atoms with van der Waals surface area (Å²) in [5, 5.41) is 0. The van der Waals surface area contributed by atoms with Crippen molar-refractivity contribution in [2.75, 3.05) is 32.1 Å². The van der Waals surface area contributed by atoms with Gasteiger partial charge in [0.1, 0.15) is 5.88 Å². The van der Waals surface area contributed by atoms with Crippen molar-refractivity contribution in [3.05, 3.63) is 0 Å². The molecule has 5 rings (SSSR count). The molecule has 0 atom stereocenters. The topological polar surface area (TPSA) is 23.6 Å². The summed E-state index contributed by atoms with van der Waals surface area (Å²) in [6, 6.07) is 0. The Balaban J connectivity index is 1.45. The number of amides is 1. The van der Waals surface area contributed by atoms with E-state index in [9.17, 15) is 4.79 Å². The number of carbonyl (C=O) groups is 1. The molecule has 4 aliphatic carbocycles. The normalized spacial score (nSPS) is 44.0. The second-order valence-corrected chi connectivity index (χ2v) is 7.91. The molecule has 0 aromatic rings. The van der Waals surface area contributed by atoms with Gasteiger partial charge in [0.25, 0.3) is 0 Å². The monoisotopic (exact) mass is 296 g/mol. The van der Waals surface area contributed by atoms with Crippen molar-refractivity contribution >= 4 is 17.5 Å². The molecule has 5 fully saturated rings. The van der Waals surface area contributed by atoms with Crippen LogP contribution in [0.15, 0.2) is 0 Å². The van der Waals surface area contributed by atoms with E-state index in [1.54, 1.807) is 0 Å². The number of rotatable bonds is 2. The summed E-state index contributed by atoms with van der Waals surface area (Å²) in [6.45, 7) is 3.89. The van der Waals surface area contributed by atoms with Crippen LogP contribution in [0.2, 0.25) is 0 Å². The molecule has 1 heterocycles. The number of hydrogen-bond donors (Lipinski definition) is 0. The van der Waals surface area contributed by atoms with Crippen LogP contribution >= 0.6 is 11.6 Å². The van der Waals surface area contributed by atoms with Gasteiger partial charge in [-0.2, -0.15) is 0 Å². The maximum Gasteiger partial charge on any atom is 0.237 e. The van der Waals surface area contributed by atoms with Gasteiger partial charge in [-0.1, -0.05) is 0 Å². The average Bonchev–Trinajstić information content (AvgIpc) is 2.45. The van der Waals surface area contributed by atoms with Gasteiger partial charge in [-0.25, -0.2) is 0 Å². The molecule has 0 aromatic heterocycles. The van der Waals surface area contributed by atoms with Gasteiger partial charge >= 0.3 is 0 Å². The summed E-state index contributed by atoms with van der Waals surface area (Å²) in [4.78, 5) is 16.4. The zero-order valence-corrected chi connectivity index (χ0v) is 12.9. The summed E-state index contributed by atoms with van der Waals surface area (Å²) in [6.07, 6.45) is 8.81. The number of piperazine rings is 1. The van der Waals surface area contributed by atoms with Gasteiger partial charge in [0.2, 0.25) is 5.91 Å². The summed E-state index contributed by atoms with van der Waals surface area (Å²) >= 11 is 5.67. The lowest BCUT2D eigenvalue weighted by molar-refractivity contribution is -0.135. The molecule has 0 N–H and O–H groups in total. The van der Waals surface area contributed by atoms with Crippen LogP contribution in [0.5, 0.6) is 0 Å². The molecule has 20 heavy (non-hydrogen) atoms. The first-order chi connectivity index (χ1) is 9.68. The molecule has 0 radical (unpaired) electrons. The second kappa shape index (κ2) is 4.88. The Labute approximate surface area is 126 Å². The zero-order valence-electron chi connectivity index (χ0n) is 12.2. The quantitative estimate of drug-likeness (QED) is 0.730. The van der Waals surface area contributed by atoms with Crippen LogP contribution in [-0.4, -0.2) is 53.3 Å². The minimum atomic E-state index is 0.108. The minimum Gasteiger partial charge on any atom is -0.339 e. The summed E-state index contributed by atoms with van der Waals surface area (Å²) in [5.41, 5.74) is 0.505. The van der Waals surface area contributed by atoms with Gasteiger partial charge in [-0.05, 0) is 56.3 Å². The number of hydrogen-bond acceptors (Lipinski definition) is 2. The highest BCUT2D eigenvalue weighted by Crippen LogP contribution is 2.57. The number of alkyl halides is 1. The highest BCUT2D eigenvalue weighted by molar-refractivity contribution is 6.27. The van der Waals surface area contributed by atoms with Crippen LogP contribution < -0.4 is 0 Å². The van der Waals surface area contributed by atoms with Gasteiger partial charge in [0.05, 0.1) is 0 Å². The Morgan fingerprint density at radius 1 is 0.950 bits per heavy atom. The molecule has 1 amide bonds. The van der Waals surface area contributed by atoms with Crippen molar-refractivity contribution < 1.29 is 4.79 Å². The minimum absolute atomic E-state index is 0.108. The van der Waals surface area contributed by atoms with Crippen molar-refractivity contribution in [2.45, 2.75) is 44.1 Å². The van der Waals surface area contributed by atoms with E-state index in [2.05, 4.69) is 4.90 Å². The van der Waals surface area contributed by atoms with Gasteiger partial charge in [0, 0.05) is 31.7 Å². The third kappa shape index (κ3) is 2.09. The Kier molecular flexibility index (Phi) is 3.26.